The van der Waals surface area contributed by atoms with Gasteiger partial charge in [-0.3, -0.25) is 4.79 Å². The minimum absolute atomic E-state index is 0.0452. The lowest BCUT2D eigenvalue weighted by Crippen LogP contribution is -2.41. The first-order valence-corrected chi connectivity index (χ1v) is 13.5. The number of thiazole rings is 1. The molecule has 1 fully saturated rings. The lowest BCUT2D eigenvalue weighted by Gasteiger charge is -2.32. The van der Waals surface area contributed by atoms with Crippen LogP contribution in [0, 0.1) is 12.7 Å². The average Bonchev–Trinajstić information content (AvgIpc) is 3.43. The number of piperidine rings is 1. The highest BCUT2D eigenvalue weighted by Gasteiger charge is 2.31. The number of hydrogen-bond donors (Lipinski definition) is 1. The summed E-state index contributed by atoms with van der Waals surface area (Å²) in [6.45, 7) is 4.20. The van der Waals surface area contributed by atoms with Gasteiger partial charge in [0.05, 0.1) is 15.3 Å². The van der Waals surface area contributed by atoms with Crippen LogP contribution in [0.15, 0.2) is 53.4 Å². The zero-order valence-corrected chi connectivity index (χ0v) is 20.9. The van der Waals surface area contributed by atoms with Gasteiger partial charge in [0.2, 0.25) is 15.2 Å². The third-order valence-electron chi connectivity index (χ3n) is 6.08. The number of para-hydroxylation sites is 1. The highest BCUT2D eigenvalue weighted by atomic mass is 32.2. The second-order valence-corrected chi connectivity index (χ2v) is 11.5. The molecule has 0 bridgehead atoms. The van der Waals surface area contributed by atoms with Gasteiger partial charge in [-0.1, -0.05) is 23.8 Å². The van der Waals surface area contributed by atoms with Crippen molar-refractivity contribution < 1.29 is 17.6 Å². The summed E-state index contributed by atoms with van der Waals surface area (Å²) in [7, 11) is -3.62. The van der Waals surface area contributed by atoms with Gasteiger partial charge in [-0.05, 0) is 63.1 Å². The van der Waals surface area contributed by atoms with Crippen LogP contribution in [0.2, 0.25) is 0 Å². The van der Waals surface area contributed by atoms with Crippen LogP contribution < -0.4 is 5.32 Å². The number of amides is 1. The molecule has 5 rings (SSSR count). The molecule has 1 aliphatic rings. The van der Waals surface area contributed by atoms with Crippen LogP contribution >= 0.6 is 11.3 Å². The molecule has 0 aliphatic carbocycles. The molecule has 1 saturated heterocycles. The molecule has 0 spiro atoms. The number of anilines is 1. The Bertz CT molecular complexity index is 1510. The van der Waals surface area contributed by atoms with E-state index >= 15 is 0 Å². The molecule has 2 aromatic carbocycles. The lowest BCUT2D eigenvalue weighted by atomic mass is 10.1. The van der Waals surface area contributed by atoms with Crippen LogP contribution in [0.1, 0.15) is 42.2 Å². The second kappa shape index (κ2) is 9.14. The average molecular weight is 514 g/mol. The summed E-state index contributed by atoms with van der Waals surface area (Å²) in [5.41, 5.74) is 1.20. The Morgan fingerprint density at radius 1 is 1.17 bits per heavy atom. The number of carbonyl (C=O) groups excluding carboxylic acids is 1. The van der Waals surface area contributed by atoms with E-state index in [-0.39, 0.29) is 16.5 Å². The predicted molar refractivity (Wildman–Crippen MR) is 133 cm³/mol. The summed E-state index contributed by atoms with van der Waals surface area (Å²) >= 11 is 1.26. The first kappa shape index (κ1) is 23.6. The van der Waals surface area contributed by atoms with Crippen molar-refractivity contribution in [2.24, 2.45) is 0 Å². The first-order chi connectivity index (χ1) is 16.7. The molecule has 1 amide bonds. The van der Waals surface area contributed by atoms with Crippen LogP contribution in [-0.4, -0.2) is 46.0 Å². The van der Waals surface area contributed by atoms with E-state index in [2.05, 4.69) is 15.4 Å². The molecule has 11 heteroatoms. The fraction of sp³-hybridized carbons (Fsp3) is 0.292. The minimum Gasteiger partial charge on any atom is -0.306 e. The Balaban J connectivity index is 1.38. The number of fused-ring (bicyclic) bond motifs is 1. The third kappa shape index (κ3) is 4.46. The normalized spacial score (nSPS) is 17.1. The van der Waals surface area contributed by atoms with Crippen molar-refractivity contribution in [1.82, 2.24) is 19.1 Å². The monoisotopic (exact) mass is 513 g/mol. The maximum Gasteiger partial charge on any atom is 0.256 e. The molecule has 1 aliphatic heterocycles. The maximum absolute atomic E-state index is 14.1. The smallest absolute Gasteiger partial charge is 0.256 e. The van der Waals surface area contributed by atoms with Gasteiger partial charge in [0.15, 0.2) is 0 Å². The van der Waals surface area contributed by atoms with E-state index < -0.39 is 21.7 Å². The van der Waals surface area contributed by atoms with Gasteiger partial charge in [-0.2, -0.15) is 14.1 Å². The van der Waals surface area contributed by atoms with E-state index in [1.165, 1.54) is 50.7 Å². The second-order valence-electron chi connectivity index (χ2n) is 8.60. The van der Waals surface area contributed by atoms with Crippen LogP contribution in [0.4, 0.5) is 10.2 Å². The zero-order valence-electron chi connectivity index (χ0n) is 19.2. The fourth-order valence-corrected chi connectivity index (χ4v) is 6.90. The van der Waals surface area contributed by atoms with E-state index in [1.807, 2.05) is 6.92 Å². The van der Waals surface area contributed by atoms with Gasteiger partial charge in [0, 0.05) is 24.2 Å². The van der Waals surface area contributed by atoms with E-state index in [0.29, 0.717) is 33.5 Å². The van der Waals surface area contributed by atoms with Gasteiger partial charge in [-0.25, -0.2) is 17.8 Å². The Kier molecular flexibility index (Phi) is 6.16. The van der Waals surface area contributed by atoms with Crippen molar-refractivity contribution in [2.45, 2.75) is 44.0 Å². The van der Waals surface area contributed by atoms with E-state index in [0.717, 1.165) is 19.3 Å². The fourth-order valence-electron chi connectivity index (χ4n) is 4.26. The summed E-state index contributed by atoms with van der Waals surface area (Å²) < 4.78 is 43.9. The third-order valence-corrected chi connectivity index (χ3v) is 9.10. The van der Waals surface area contributed by atoms with Crippen LogP contribution in [-0.2, 0) is 10.0 Å². The predicted octanol–water partition coefficient (Wildman–Crippen LogP) is 4.74. The number of benzene rings is 2. The van der Waals surface area contributed by atoms with Crippen molar-refractivity contribution in [3.8, 4) is 5.13 Å². The molecule has 1 atom stereocenters. The number of carbonyl (C=O) groups is 1. The van der Waals surface area contributed by atoms with Gasteiger partial charge >= 0.3 is 0 Å². The Hall–Kier alpha value is -3.15. The minimum atomic E-state index is -3.62. The molecule has 3 heterocycles. The number of hydrogen-bond acceptors (Lipinski definition) is 6. The van der Waals surface area contributed by atoms with Gasteiger partial charge < -0.3 is 5.32 Å². The maximum atomic E-state index is 14.1. The van der Waals surface area contributed by atoms with Gasteiger partial charge in [0.1, 0.15) is 17.2 Å². The van der Waals surface area contributed by atoms with Crippen LogP contribution in [0.25, 0.3) is 15.3 Å². The summed E-state index contributed by atoms with van der Waals surface area (Å²) in [5.74, 6) is -0.465. The quantitative estimate of drug-likeness (QED) is 0.416. The molecule has 8 nitrogen and oxygen atoms in total. The molecule has 0 radical (unpaired) electrons. The van der Waals surface area contributed by atoms with Crippen molar-refractivity contribution in [1.29, 1.82) is 0 Å². The molecule has 182 valence electrons. The summed E-state index contributed by atoms with van der Waals surface area (Å²) in [4.78, 5) is 17.5. The molecule has 2 aromatic heterocycles. The topological polar surface area (TPSA) is 97.2 Å². The van der Waals surface area contributed by atoms with E-state index in [9.17, 15) is 17.6 Å². The number of sulfonamides is 1. The molecular formula is C24H24FN5O3S2. The first-order valence-electron chi connectivity index (χ1n) is 11.3. The van der Waals surface area contributed by atoms with Crippen molar-refractivity contribution in [2.75, 3.05) is 11.9 Å². The molecule has 35 heavy (non-hydrogen) atoms. The largest absolute Gasteiger partial charge is 0.306 e. The molecule has 0 saturated carbocycles. The standard InChI is InChI=1S/C24H24FN5O3S2/c1-15-14-21(30(28-15)24-27-22-19(25)7-5-8-20(22)34-24)26-23(31)17-9-11-18(12-10-17)35(32,33)29-13-4-3-6-16(29)2/h5,7-12,14,16H,3-4,6,13H2,1-2H3,(H,26,31). The lowest BCUT2D eigenvalue weighted by molar-refractivity contribution is 0.102. The number of nitrogens with one attached hydrogen (secondary N) is 1. The van der Waals surface area contributed by atoms with E-state index in [4.69, 9.17) is 0 Å². The van der Waals surface area contributed by atoms with Crippen molar-refractivity contribution in [3.05, 3.63) is 65.6 Å². The SMILES string of the molecule is Cc1cc(NC(=O)c2ccc(S(=O)(=O)N3CCCCC3C)cc2)n(-c2nc3c(F)cccc3s2)n1. The van der Waals surface area contributed by atoms with Crippen molar-refractivity contribution >= 4 is 43.3 Å². The Morgan fingerprint density at radius 2 is 1.94 bits per heavy atom. The number of rotatable bonds is 5. The zero-order chi connectivity index (χ0) is 24.7. The highest BCUT2D eigenvalue weighted by molar-refractivity contribution is 7.89. The van der Waals surface area contributed by atoms with Crippen LogP contribution in [0.5, 0.6) is 0 Å². The molecule has 4 aromatic rings. The molecule has 1 unspecified atom stereocenters. The van der Waals surface area contributed by atoms with Crippen LogP contribution in [0.3, 0.4) is 0 Å². The summed E-state index contributed by atoms with van der Waals surface area (Å²) in [5, 5.41) is 7.63. The highest BCUT2D eigenvalue weighted by Crippen LogP contribution is 2.29. The molecule has 1 N–H and O–H groups in total. The summed E-state index contributed by atoms with van der Waals surface area (Å²) in [6, 6.07) is 12.3. The number of aryl methyl sites for hydroxylation is 1. The molecular weight excluding hydrogens is 489 g/mol. The number of nitrogens with zero attached hydrogens (tertiary/aromatic N) is 4. The number of aromatic nitrogens is 3. The Labute approximate surface area is 206 Å². The Morgan fingerprint density at radius 3 is 2.66 bits per heavy atom. The van der Waals surface area contributed by atoms with Gasteiger partial charge in [-0.15, -0.1) is 0 Å². The number of halogens is 1. The van der Waals surface area contributed by atoms with Crippen molar-refractivity contribution in [3.63, 3.8) is 0 Å². The van der Waals surface area contributed by atoms with E-state index in [1.54, 1.807) is 25.1 Å². The van der Waals surface area contributed by atoms with Gasteiger partial charge in [0.25, 0.3) is 5.91 Å². The summed E-state index contributed by atoms with van der Waals surface area (Å²) in [6.07, 6.45) is 2.71.